The number of hydrogen-bond acceptors (Lipinski definition) is 4. The van der Waals surface area contributed by atoms with Gasteiger partial charge in [0, 0.05) is 12.0 Å². The monoisotopic (exact) mass is 370 g/mol. The van der Waals surface area contributed by atoms with Crippen LogP contribution in [0.2, 0.25) is 5.02 Å². The molecule has 2 aromatic rings. The van der Waals surface area contributed by atoms with Crippen molar-refractivity contribution in [2.24, 2.45) is 5.92 Å². The van der Waals surface area contributed by atoms with Gasteiger partial charge < -0.3 is 10.4 Å². The first-order chi connectivity index (χ1) is 12.5. The highest BCUT2D eigenvalue weighted by Crippen LogP contribution is 2.54. The highest BCUT2D eigenvalue weighted by Gasteiger charge is 2.42. The van der Waals surface area contributed by atoms with E-state index in [1.54, 1.807) is 24.3 Å². The van der Waals surface area contributed by atoms with Crippen LogP contribution >= 0.6 is 11.6 Å². The Labute approximate surface area is 154 Å². The Morgan fingerprint density at radius 1 is 1.23 bits per heavy atom. The van der Waals surface area contributed by atoms with Crippen LogP contribution in [0.5, 0.6) is 0 Å². The van der Waals surface area contributed by atoms with Gasteiger partial charge in [-0.3, -0.25) is 10.1 Å². The van der Waals surface area contributed by atoms with E-state index >= 15 is 0 Å². The third kappa shape index (κ3) is 2.54. The van der Waals surface area contributed by atoms with E-state index in [4.69, 9.17) is 16.7 Å². The van der Waals surface area contributed by atoms with Gasteiger partial charge in [-0.1, -0.05) is 35.9 Å². The second-order valence-corrected chi connectivity index (χ2v) is 6.92. The summed E-state index contributed by atoms with van der Waals surface area (Å²) in [5.74, 6) is -0.970. The summed E-state index contributed by atoms with van der Waals surface area (Å²) in [6, 6.07) is 9.59. The van der Waals surface area contributed by atoms with Gasteiger partial charge in [-0.2, -0.15) is 0 Å². The van der Waals surface area contributed by atoms with E-state index in [1.165, 1.54) is 12.1 Å². The fraction of sp³-hybridized carbons (Fsp3) is 0.211. The van der Waals surface area contributed by atoms with E-state index in [0.717, 1.165) is 12.0 Å². The van der Waals surface area contributed by atoms with Crippen molar-refractivity contribution in [1.29, 1.82) is 0 Å². The Hall–Kier alpha value is -2.86. The largest absolute Gasteiger partial charge is 0.478 e. The van der Waals surface area contributed by atoms with Crippen LogP contribution in [-0.2, 0) is 0 Å². The van der Waals surface area contributed by atoms with Crippen molar-refractivity contribution in [2.45, 2.75) is 18.4 Å². The maximum Gasteiger partial charge on any atom is 0.335 e. The van der Waals surface area contributed by atoms with Gasteiger partial charge in [-0.05, 0) is 36.1 Å². The van der Waals surface area contributed by atoms with Crippen molar-refractivity contribution in [3.05, 3.63) is 80.4 Å². The van der Waals surface area contributed by atoms with Crippen LogP contribution in [-0.4, -0.2) is 16.0 Å². The van der Waals surface area contributed by atoms with Crippen molar-refractivity contribution in [2.75, 3.05) is 5.32 Å². The third-order valence-electron chi connectivity index (χ3n) is 5.16. The molecule has 6 nitrogen and oxygen atoms in total. The molecular weight excluding hydrogens is 356 g/mol. The smallest absolute Gasteiger partial charge is 0.335 e. The number of benzene rings is 2. The summed E-state index contributed by atoms with van der Waals surface area (Å²) in [7, 11) is 0. The molecule has 0 bridgehead atoms. The maximum absolute atomic E-state index is 11.5. The standard InChI is InChI=1S/C19H15ClN2O4/c20-14-8-9-15(22(25)26)16-12-2-1-3-13(12)17(21-18(14)16)10-4-6-11(7-5-10)19(23)24/h1-2,4-9,12-13,17,21H,3H2,(H,23,24)/t12-,13+,17-/m0/s1. The van der Waals surface area contributed by atoms with Gasteiger partial charge in [0.2, 0.25) is 0 Å². The Balaban J connectivity index is 1.81. The number of nitro groups is 1. The average Bonchev–Trinajstić information content (AvgIpc) is 3.11. The van der Waals surface area contributed by atoms with E-state index in [1.807, 2.05) is 12.2 Å². The van der Waals surface area contributed by atoms with Crippen LogP contribution in [0, 0.1) is 16.0 Å². The number of carbonyl (C=O) groups is 1. The SMILES string of the molecule is O=C(O)c1ccc([C@@H]2Nc3c(Cl)ccc([N+](=O)[O-])c3[C@H]3C=CC[C@H]32)cc1. The molecule has 3 atom stereocenters. The number of nitro benzene ring substituents is 1. The molecule has 0 unspecified atom stereocenters. The van der Waals surface area contributed by atoms with Crippen LogP contribution in [0.1, 0.15) is 39.9 Å². The Kier molecular flexibility index (Phi) is 3.92. The number of carboxylic acid groups (broad SMARTS) is 1. The second kappa shape index (κ2) is 6.14. The van der Waals surface area contributed by atoms with E-state index in [-0.39, 0.29) is 34.1 Å². The second-order valence-electron chi connectivity index (χ2n) is 6.51. The molecule has 1 aliphatic carbocycles. The third-order valence-corrected chi connectivity index (χ3v) is 5.47. The predicted octanol–water partition coefficient (Wildman–Crippen LogP) is 4.77. The molecule has 0 fully saturated rings. The summed E-state index contributed by atoms with van der Waals surface area (Å²) in [5, 5.41) is 24.4. The highest BCUT2D eigenvalue weighted by atomic mass is 35.5. The van der Waals surface area contributed by atoms with E-state index in [2.05, 4.69) is 5.32 Å². The number of anilines is 1. The normalized spacial score (nSPS) is 23.0. The van der Waals surface area contributed by atoms with Crippen LogP contribution in [0.3, 0.4) is 0 Å². The number of nitrogens with one attached hydrogen (secondary N) is 1. The Morgan fingerprint density at radius 2 is 1.96 bits per heavy atom. The topological polar surface area (TPSA) is 92.5 Å². The summed E-state index contributed by atoms with van der Waals surface area (Å²) in [6.07, 6.45) is 4.83. The molecule has 1 aliphatic heterocycles. The lowest BCUT2D eigenvalue weighted by molar-refractivity contribution is -0.385. The number of carboxylic acids is 1. The summed E-state index contributed by atoms with van der Waals surface area (Å²) < 4.78 is 0. The van der Waals surface area contributed by atoms with Crippen molar-refractivity contribution in [3.8, 4) is 0 Å². The molecule has 0 saturated carbocycles. The van der Waals surface area contributed by atoms with Crippen molar-refractivity contribution < 1.29 is 14.8 Å². The Bertz CT molecular complexity index is 939. The van der Waals surface area contributed by atoms with Crippen molar-refractivity contribution in [1.82, 2.24) is 0 Å². The Morgan fingerprint density at radius 3 is 2.62 bits per heavy atom. The summed E-state index contributed by atoms with van der Waals surface area (Å²) in [6.45, 7) is 0. The van der Waals surface area contributed by atoms with Crippen LogP contribution in [0.4, 0.5) is 11.4 Å². The number of allylic oxidation sites excluding steroid dienone is 2. The molecule has 0 spiro atoms. The van der Waals surface area contributed by atoms with Gasteiger partial charge in [0.15, 0.2) is 0 Å². The lowest BCUT2D eigenvalue weighted by Gasteiger charge is -2.37. The summed E-state index contributed by atoms with van der Waals surface area (Å²) in [5.41, 5.74) is 2.43. The quantitative estimate of drug-likeness (QED) is 0.461. The molecule has 2 aliphatic rings. The van der Waals surface area contributed by atoms with E-state index in [9.17, 15) is 14.9 Å². The van der Waals surface area contributed by atoms with E-state index < -0.39 is 5.97 Å². The fourth-order valence-electron chi connectivity index (χ4n) is 3.98. The molecule has 26 heavy (non-hydrogen) atoms. The minimum absolute atomic E-state index is 0.0677. The van der Waals surface area contributed by atoms with Crippen LogP contribution in [0.15, 0.2) is 48.6 Å². The van der Waals surface area contributed by atoms with Gasteiger partial charge in [-0.15, -0.1) is 0 Å². The van der Waals surface area contributed by atoms with Crippen LogP contribution < -0.4 is 5.32 Å². The van der Waals surface area contributed by atoms with Gasteiger partial charge in [-0.25, -0.2) is 4.79 Å². The zero-order chi connectivity index (χ0) is 18.4. The molecule has 0 aromatic heterocycles. The van der Waals surface area contributed by atoms with Gasteiger partial charge in [0.05, 0.1) is 32.8 Å². The molecular formula is C19H15ClN2O4. The molecule has 0 amide bonds. The van der Waals surface area contributed by atoms with Crippen molar-refractivity contribution in [3.63, 3.8) is 0 Å². The summed E-state index contributed by atoms with van der Waals surface area (Å²) >= 11 is 6.34. The number of hydrogen-bond donors (Lipinski definition) is 2. The molecule has 2 N–H and O–H groups in total. The lowest BCUT2D eigenvalue weighted by atomic mass is 9.76. The number of aromatic carboxylic acids is 1. The van der Waals surface area contributed by atoms with Crippen molar-refractivity contribution >= 4 is 28.9 Å². The number of nitrogens with zero attached hydrogens (tertiary/aromatic N) is 1. The zero-order valence-electron chi connectivity index (χ0n) is 13.6. The lowest BCUT2D eigenvalue weighted by Crippen LogP contribution is -2.29. The molecule has 1 heterocycles. The number of halogens is 1. The van der Waals surface area contributed by atoms with Gasteiger partial charge >= 0.3 is 5.97 Å². The predicted molar refractivity (Wildman–Crippen MR) is 97.9 cm³/mol. The van der Waals surface area contributed by atoms with Crippen LogP contribution in [0.25, 0.3) is 0 Å². The first-order valence-electron chi connectivity index (χ1n) is 8.20. The molecule has 2 aromatic carbocycles. The molecule has 7 heteroatoms. The molecule has 0 saturated heterocycles. The molecule has 4 rings (SSSR count). The minimum atomic E-state index is -0.974. The van der Waals surface area contributed by atoms with E-state index in [0.29, 0.717) is 16.3 Å². The first kappa shape index (κ1) is 16.6. The first-order valence-corrected chi connectivity index (χ1v) is 8.58. The zero-order valence-corrected chi connectivity index (χ0v) is 14.3. The maximum atomic E-state index is 11.5. The fourth-order valence-corrected chi connectivity index (χ4v) is 4.20. The van der Waals surface area contributed by atoms with Gasteiger partial charge in [0.25, 0.3) is 5.69 Å². The molecule has 0 radical (unpaired) electrons. The summed E-state index contributed by atoms with van der Waals surface area (Å²) in [4.78, 5) is 22.2. The van der Waals surface area contributed by atoms with Gasteiger partial charge in [0.1, 0.15) is 0 Å². The highest BCUT2D eigenvalue weighted by molar-refractivity contribution is 6.33. The average molecular weight is 371 g/mol. The minimum Gasteiger partial charge on any atom is -0.478 e. The number of rotatable bonds is 3. The molecule has 132 valence electrons. The number of fused-ring (bicyclic) bond motifs is 3.